The molecule has 32 heavy (non-hydrogen) atoms. The molecule has 0 aliphatic carbocycles. The number of nitrogens with zero attached hydrogens (tertiary/aromatic N) is 1. The van der Waals surface area contributed by atoms with E-state index in [1.165, 1.54) is 4.31 Å². The molecule has 0 saturated carbocycles. The average Bonchev–Trinajstić information content (AvgIpc) is 2.78. The van der Waals surface area contributed by atoms with Crippen molar-refractivity contribution >= 4 is 15.9 Å². The minimum absolute atomic E-state index is 0.00725. The fraction of sp³-hybridized carbons (Fsp3) is 0.458. The lowest BCUT2D eigenvalue weighted by molar-refractivity contribution is -0.126. The molecular weight excluding hydrogens is 428 g/mol. The number of hydrogen-bond acceptors (Lipinski definition) is 5. The molecule has 1 fully saturated rings. The first kappa shape index (κ1) is 22.6. The van der Waals surface area contributed by atoms with Crippen LogP contribution in [-0.4, -0.2) is 44.9 Å². The summed E-state index contributed by atoms with van der Waals surface area (Å²) in [5.74, 6) is 1.18. The highest BCUT2D eigenvalue weighted by Gasteiger charge is 2.31. The summed E-state index contributed by atoms with van der Waals surface area (Å²) in [6.45, 7) is 5.67. The molecule has 2 heterocycles. The largest absolute Gasteiger partial charge is 0.486 e. The predicted molar refractivity (Wildman–Crippen MR) is 122 cm³/mol. The second-order valence-electron chi connectivity index (χ2n) is 8.55. The smallest absolute Gasteiger partial charge is 0.223 e. The van der Waals surface area contributed by atoms with Crippen molar-refractivity contribution in [3.05, 3.63) is 59.2 Å². The Balaban J connectivity index is 1.31. The summed E-state index contributed by atoms with van der Waals surface area (Å²) in [5.41, 5.74) is 2.78. The standard InChI is InChI=1S/C24H30N2O5S/c1-17-4-3-5-19(14-17)16-32(28,29)26-10-8-20(9-11-26)24(27)25-18(2)21-6-7-22-23(15-21)31-13-12-30-22/h3-7,14-15,18,20H,8-13,16H2,1-2H3,(H,25,27)/t18-/m0/s1. The third-order valence-corrected chi connectivity index (χ3v) is 7.92. The molecule has 7 nitrogen and oxygen atoms in total. The van der Waals surface area contributed by atoms with Gasteiger partial charge in [0.05, 0.1) is 11.8 Å². The Labute approximate surface area is 189 Å². The summed E-state index contributed by atoms with van der Waals surface area (Å²) < 4.78 is 38.3. The number of hydrogen-bond donors (Lipinski definition) is 1. The Kier molecular flexibility index (Phi) is 6.71. The maximum Gasteiger partial charge on any atom is 0.223 e. The highest BCUT2D eigenvalue weighted by atomic mass is 32.2. The number of carbonyl (C=O) groups is 1. The van der Waals surface area contributed by atoms with Gasteiger partial charge >= 0.3 is 0 Å². The van der Waals surface area contributed by atoms with Crippen LogP contribution < -0.4 is 14.8 Å². The number of ether oxygens (including phenoxy) is 2. The van der Waals surface area contributed by atoms with Gasteiger partial charge in [-0.25, -0.2) is 12.7 Å². The first-order chi connectivity index (χ1) is 15.3. The zero-order valence-electron chi connectivity index (χ0n) is 18.5. The Bertz CT molecular complexity index is 1080. The zero-order chi connectivity index (χ0) is 22.7. The summed E-state index contributed by atoms with van der Waals surface area (Å²) in [6, 6.07) is 13.1. The van der Waals surface area contributed by atoms with Gasteiger partial charge in [0, 0.05) is 19.0 Å². The van der Waals surface area contributed by atoms with Crippen LogP contribution in [0.4, 0.5) is 0 Å². The van der Waals surface area contributed by atoms with Crippen LogP contribution in [-0.2, 0) is 20.6 Å². The van der Waals surface area contributed by atoms with Gasteiger partial charge in [0.2, 0.25) is 15.9 Å². The van der Waals surface area contributed by atoms with Gasteiger partial charge in [0.25, 0.3) is 0 Å². The van der Waals surface area contributed by atoms with Gasteiger partial charge in [-0.3, -0.25) is 4.79 Å². The monoisotopic (exact) mass is 458 g/mol. The second-order valence-corrected chi connectivity index (χ2v) is 10.5. The molecule has 2 aromatic rings. The third kappa shape index (κ3) is 5.24. The van der Waals surface area contributed by atoms with Crippen molar-refractivity contribution in [2.75, 3.05) is 26.3 Å². The van der Waals surface area contributed by atoms with E-state index < -0.39 is 10.0 Å². The van der Waals surface area contributed by atoms with Crippen molar-refractivity contribution in [3.8, 4) is 11.5 Å². The van der Waals surface area contributed by atoms with Crippen LogP contribution in [0, 0.1) is 12.8 Å². The van der Waals surface area contributed by atoms with Gasteiger partial charge < -0.3 is 14.8 Å². The summed E-state index contributed by atoms with van der Waals surface area (Å²) in [5, 5.41) is 3.07. The Hall–Kier alpha value is -2.58. The quantitative estimate of drug-likeness (QED) is 0.719. The van der Waals surface area contributed by atoms with Gasteiger partial charge in [-0.1, -0.05) is 35.9 Å². The van der Waals surface area contributed by atoms with Gasteiger partial charge in [-0.15, -0.1) is 0 Å². The van der Waals surface area contributed by atoms with Crippen molar-refractivity contribution in [1.29, 1.82) is 0 Å². The van der Waals surface area contributed by atoms with E-state index in [1.807, 2.05) is 56.3 Å². The van der Waals surface area contributed by atoms with Crippen LogP contribution in [0.1, 0.15) is 42.5 Å². The molecule has 1 atom stereocenters. The summed E-state index contributed by atoms with van der Waals surface area (Å²) >= 11 is 0. The molecule has 8 heteroatoms. The lowest BCUT2D eigenvalue weighted by atomic mass is 9.96. The molecule has 0 unspecified atom stereocenters. The van der Waals surface area contributed by atoms with E-state index in [0.29, 0.717) is 44.9 Å². The number of sulfonamides is 1. The normalized spacial score (nSPS) is 18.2. The van der Waals surface area contributed by atoms with E-state index in [0.717, 1.165) is 22.4 Å². The molecule has 0 bridgehead atoms. The Morgan fingerprint density at radius 2 is 1.81 bits per heavy atom. The minimum Gasteiger partial charge on any atom is -0.486 e. The molecule has 2 aliphatic rings. The molecule has 2 aromatic carbocycles. The van der Waals surface area contributed by atoms with Gasteiger partial charge in [-0.2, -0.15) is 0 Å². The molecule has 4 rings (SSSR count). The molecule has 2 aliphatic heterocycles. The van der Waals surface area contributed by atoms with Gasteiger partial charge in [0.1, 0.15) is 13.2 Å². The van der Waals surface area contributed by atoms with E-state index in [9.17, 15) is 13.2 Å². The lowest BCUT2D eigenvalue weighted by Gasteiger charge is -2.31. The van der Waals surface area contributed by atoms with Crippen LogP contribution in [0.15, 0.2) is 42.5 Å². The third-order valence-electron chi connectivity index (χ3n) is 6.07. The summed E-state index contributed by atoms with van der Waals surface area (Å²) in [6.07, 6.45) is 1.04. The molecule has 1 amide bonds. The fourth-order valence-electron chi connectivity index (χ4n) is 4.24. The van der Waals surface area contributed by atoms with E-state index in [2.05, 4.69) is 5.32 Å². The van der Waals surface area contributed by atoms with E-state index in [-0.39, 0.29) is 23.6 Å². The number of nitrogens with one attached hydrogen (secondary N) is 1. The van der Waals surface area contributed by atoms with Gasteiger partial charge in [0.15, 0.2) is 11.5 Å². The fourth-order valence-corrected chi connectivity index (χ4v) is 5.79. The Morgan fingerprint density at radius 3 is 2.53 bits per heavy atom. The first-order valence-corrected chi connectivity index (χ1v) is 12.7. The minimum atomic E-state index is -3.40. The molecule has 172 valence electrons. The SMILES string of the molecule is Cc1cccc(CS(=O)(=O)N2CCC(C(=O)N[C@@H](C)c3ccc4c(c3)OCCO4)CC2)c1. The van der Waals surface area contributed by atoms with E-state index >= 15 is 0 Å². The van der Waals surface area contributed by atoms with Crippen molar-refractivity contribution in [3.63, 3.8) is 0 Å². The van der Waals surface area contributed by atoms with Crippen molar-refractivity contribution in [2.24, 2.45) is 5.92 Å². The molecule has 0 aromatic heterocycles. The first-order valence-electron chi connectivity index (χ1n) is 11.0. The van der Waals surface area contributed by atoms with Crippen molar-refractivity contribution < 1.29 is 22.7 Å². The molecule has 1 saturated heterocycles. The number of carbonyl (C=O) groups excluding carboxylic acids is 1. The Morgan fingerprint density at radius 1 is 1.09 bits per heavy atom. The maximum atomic E-state index is 12.8. The highest BCUT2D eigenvalue weighted by molar-refractivity contribution is 7.88. The number of fused-ring (bicyclic) bond motifs is 1. The van der Waals surface area contributed by atoms with Gasteiger partial charge in [-0.05, 0) is 49.9 Å². The van der Waals surface area contributed by atoms with Crippen LogP contribution in [0.5, 0.6) is 11.5 Å². The number of amides is 1. The average molecular weight is 459 g/mol. The van der Waals surface area contributed by atoms with Crippen molar-refractivity contribution in [1.82, 2.24) is 9.62 Å². The summed E-state index contributed by atoms with van der Waals surface area (Å²) in [7, 11) is -3.40. The molecule has 0 radical (unpaired) electrons. The van der Waals surface area contributed by atoms with E-state index in [1.54, 1.807) is 0 Å². The van der Waals surface area contributed by atoms with Crippen LogP contribution in [0.3, 0.4) is 0 Å². The number of aryl methyl sites for hydroxylation is 1. The van der Waals surface area contributed by atoms with Crippen molar-refractivity contribution in [2.45, 2.75) is 38.5 Å². The molecule has 1 N–H and O–H groups in total. The van der Waals surface area contributed by atoms with Crippen LogP contribution >= 0.6 is 0 Å². The predicted octanol–water partition coefficient (Wildman–Crippen LogP) is 3.19. The number of piperidine rings is 1. The maximum absolute atomic E-state index is 12.8. The highest BCUT2D eigenvalue weighted by Crippen LogP contribution is 2.33. The second kappa shape index (κ2) is 9.50. The number of rotatable bonds is 6. The van der Waals surface area contributed by atoms with Crippen LogP contribution in [0.25, 0.3) is 0 Å². The lowest BCUT2D eigenvalue weighted by Crippen LogP contribution is -2.43. The summed E-state index contributed by atoms with van der Waals surface area (Å²) in [4.78, 5) is 12.8. The number of benzene rings is 2. The van der Waals surface area contributed by atoms with E-state index in [4.69, 9.17) is 9.47 Å². The van der Waals surface area contributed by atoms with Crippen LogP contribution in [0.2, 0.25) is 0 Å². The molecular formula is C24H30N2O5S. The molecule has 0 spiro atoms. The topological polar surface area (TPSA) is 84.9 Å². The zero-order valence-corrected chi connectivity index (χ0v) is 19.4.